The lowest BCUT2D eigenvalue weighted by molar-refractivity contribution is 0.191. The van der Waals surface area contributed by atoms with Gasteiger partial charge in [-0.05, 0) is 32.4 Å². The molecule has 0 saturated heterocycles. The van der Waals surface area contributed by atoms with E-state index in [9.17, 15) is 4.79 Å². The Morgan fingerprint density at radius 1 is 1.55 bits per heavy atom. The Hall–Kier alpha value is -1.24. The first kappa shape index (κ1) is 13.7. The molecular weight excluding hydrogens is 272 g/mol. The van der Waals surface area contributed by atoms with Crippen LogP contribution in [0.25, 0.3) is 4.96 Å². The lowest BCUT2D eigenvalue weighted by Gasteiger charge is -2.28. The first-order chi connectivity index (χ1) is 9.69. The van der Waals surface area contributed by atoms with E-state index in [1.807, 2.05) is 5.38 Å². The Morgan fingerprint density at radius 2 is 2.40 bits per heavy atom. The van der Waals surface area contributed by atoms with E-state index in [1.54, 1.807) is 16.7 Å². The van der Waals surface area contributed by atoms with Gasteiger partial charge in [0, 0.05) is 30.2 Å². The van der Waals surface area contributed by atoms with Gasteiger partial charge in [0.15, 0.2) is 4.96 Å². The van der Waals surface area contributed by atoms with Crippen molar-refractivity contribution in [3.63, 3.8) is 0 Å². The third-order valence-electron chi connectivity index (χ3n) is 4.26. The molecule has 1 saturated carbocycles. The summed E-state index contributed by atoms with van der Waals surface area (Å²) in [5.74, 6) is 0.576. The molecule has 2 aromatic heterocycles. The Bertz CT molecular complexity index is 650. The minimum atomic E-state index is 0.00134. The quantitative estimate of drug-likeness (QED) is 0.923. The lowest BCUT2D eigenvalue weighted by Crippen LogP contribution is -2.37. The smallest absolute Gasteiger partial charge is 0.258 e. The summed E-state index contributed by atoms with van der Waals surface area (Å²) in [6.07, 6.45) is 5.42. The average Bonchev–Trinajstić information content (AvgIpc) is 3.06. The van der Waals surface area contributed by atoms with Gasteiger partial charge in [-0.15, -0.1) is 11.3 Å². The van der Waals surface area contributed by atoms with Gasteiger partial charge in [0.1, 0.15) is 0 Å². The van der Waals surface area contributed by atoms with Crippen molar-refractivity contribution in [1.29, 1.82) is 0 Å². The number of hydrogen-bond donors (Lipinski definition) is 1. The van der Waals surface area contributed by atoms with Crippen LogP contribution in [0.15, 0.2) is 22.4 Å². The van der Waals surface area contributed by atoms with Gasteiger partial charge in [0.25, 0.3) is 5.56 Å². The fourth-order valence-corrected chi connectivity index (χ4v) is 3.95. The van der Waals surface area contributed by atoms with E-state index in [1.165, 1.54) is 30.6 Å². The maximum atomic E-state index is 12.0. The maximum absolute atomic E-state index is 12.0. The van der Waals surface area contributed by atoms with E-state index in [4.69, 9.17) is 5.73 Å². The fourth-order valence-electron chi connectivity index (χ4n) is 3.21. The molecule has 2 N–H and O–H groups in total. The average molecular weight is 292 g/mol. The molecule has 2 heterocycles. The van der Waals surface area contributed by atoms with Gasteiger partial charge >= 0.3 is 0 Å². The molecule has 5 nitrogen and oxygen atoms in total. The van der Waals surface area contributed by atoms with Crippen molar-refractivity contribution in [1.82, 2.24) is 14.3 Å². The van der Waals surface area contributed by atoms with Crippen molar-refractivity contribution in [3.05, 3.63) is 33.7 Å². The third-order valence-corrected chi connectivity index (χ3v) is 5.01. The van der Waals surface area contributed by atoms with Crippen LogP contribution in [0.2, 0.25) is 0 Å². The minimum Gasteiger partial charge on any atom is -0.330 e. The number of fused-ring (bicyclic) bond motifs is 1. The molecule has 1 fully saturated rings. The van der Waals surface area contributed by atoms with Gasteiger partial charge in [-0.3, -0.25) is 14.1 Å². The van der Waals surface area contributed by atoms with Crippen molar-refractivity contribution in [3.8, 4) is 0 Å². The second-order valence-corrected chi connectivity index (χ2v) is 6.42. The van der Waals surface area contributed by atoms with Crippen LogP contribution in [0.3, 0.4) is 0 Å². The summed E-state index contributed by atoms with van der Waals surface area (Å²) in [6.45, 7) is 1.46. The molecule has 6 heteroatoms. The molecule has 2 unspecified atom stereocenters. The summed E-state index contributed by atoms with van der Waals surface area (Å²) in [5, 5.41) is 1.89. The summed E-state index contributed by atoms with van der Waals surface area (Å²) in [4.78, 5) is 19.6. The number of nitrogens with zero attached hydrogens (tertiary/aromatic N) is 3. The molecule has 2 atom stereocenters. The zero-order valence-corrected chi connectivity index (χ0v) is 12.5. The van der Waals surface area contributed by atoms with Gasteiger partial charge in [0.2, 0.25) is 0 Å². The first-order valence-corrected chi connectivity index (χ1v) is 7.93. The van der Waals surface area contributed by atoms with E-state index in [-0.39, 0.29) is 5.56 Å². The lowest BCUT2D eigenvalue weighted by atomic mass is 10.0. The second-order valence-electron chi connectivity index (χ2n) is 5.55. The van der Waals surface area contributed by atoms with Gasteiger partial charge in [-0.25, -0.2) is 4.98 Å². The van der Waals surface area contributed by atoms with Crippen molar-refractivity contribution in [2.75, 3.05) is 13.6 Å². The molecule has 0 bridgehead atoms. The second kappa shape index (κ2) is 5.63. The minimum absolute atomic E-state index is 0.00134. The molecule has 0 amide bonds. The van der Waals surface area contributed by atoms with Crippen molar-refractivity contribution >= 4 is 16.3 Å². The first-order valence-electron chi connectivity index (χ1n) is 7.05. The SMILES string of the molecule is CN(Cc1cc(=O)n2ccsc2n1)C1CCCC1CN. The number of thiazole rings is 1. The highest BCUT2D eigenvalue weighted by atomic mass is 32.1. The highest BCUT2D eigenvalue weighted by Gasteiger charge is 2.29. The van der Waals surface area contributed by atoms with Crippen molar-refractivity contribution in [2.45, 2.75) is 31.8 Å². The summed E-state index contributed by atoms with van der Waals surface area (Å²) in [6, 6.07) is 2.16. The number of hydrogen-bond acceptors (Lipinski definition) is 5. The van der Waals surface area contributed by atoms with Crippen LogP contribution in [-0.4, -0.2) is 33.9 Å². The molecule has 1 aliphatic carbocycles. The van der Waals surface area contributed by atoms with E-state index in [0.29, 0.717) is 18.5 Å². The van der Waals surface area contributed by atoms with Crippen molar-refractivity contribution < 1.29 is 0 Å². The molecule has 2 aromatic rings. The number of rotatable bonds is 4. The predicted molar refractivity (Wildman–Crippen MR) is 81.0 cm³/mol. The zero-order valence-electron chi connectivity index (χ0n) is 11.7. The molecule has 1 aliphatic rings. The van der Waals surface area contributed by atoms with Crippen LogP contribution in [0, 0.1) is 5.92 Å². The number of nitrogens with two attached hydrogens (primary N) is 1. The van der Waals surface area contributed by atoms with E-state index in [0.717, 1.165) is 17.2 Å². The van der Waals surface area contributed by atoms with Gasteiger partial charge in [-0.1, -0.05) is 6.42 Å². The summed E-state index contributed by atoms with van der Waals surface area (Å²) < 4.78 is 1.59. The maximum Gasteiger partial charge on any atom is 0.258 e. The van der Waals surface area contributed by atoms with Gasteiger partial charge in [0.05, 0.1) is 5.69 Å². The molecule has 0 spiro atoms. The standard InChI is InChI=1S/C14H20N4OS/c1-17(12-4-2-3-10(12)8-15)9-11-7-13(19)18-5-6-20-14(18)16-11/h5-7,10,12H,2-4,8-9,15H2,1H3. The summed E-state index contributed by atoms with van der Waals surface area (Å²) in [7, 11) is 2.11. The van der Waals surface area contributed by atoms with E-state index < -0.39 is 0 Å². The topological polar surface area (TPSA) is 63.6 Å². The zero-order chi connectivity index (χ0) is 14.1. The fraction of sp³-hybridized carbons (Fsp3) is 0.571. The molecule has 0 aliphatic heterocycles. The number of aromatic nitrogens is 2. The van der Waals surface area contributed by atoms with Crippen molar-refractivity contribution in [2.24, 2.45) is 11.7 Å². The molecule has 108 valence electrons. The van der Waals surface area contributed by atoms with Crippen LogP contribution in [0.5, 0.6) is 0 Å². The van der Waals surface area contributed by atoms with Crippen LogP contribution < -0.4 is 11.3 Å². The molecular formula is C14H20N4OS. The molecule has 3 rings (SSSR count). The molecule has 20 heavy (non-hydrogen) atoms. The normalized spacial score (nSPS) is 22.9. The Labute approximate surface area is 122 Å². The molecule has 0 aromatic carbocycles. The Kier molecular flexibility index (Phi) is 3.87. The van der Waals surface area contributed by atoms with Crippen LogP contribution in [0.1, 0.15) is 25.0 Å². The largest absolute Gasteiger partial charge is 0.330 e. The highest BCUT2D eigenvalue weighted by molar-refractivity contribution is 7.15. The van der Waals surface area contributed by atoms with Gasteiger partial charge in [-0.2, -0.15) is 0 Å². The van der Waals surface area contributed by atoms with Crippen LogP contribution in [0.4, 0.5) is 0 Å². The third kappa shape index (κ3) is 2.51. The summed E-state index contributed by atoms with van der Waals surface area (Å²) in [5.41, 5.74) is 6.70. The van der Waals surface area contributed by atoms with E-state index >= 15 is 0 Å². The monoisotopic (exact) mass is 292 g/mol. The summed E-state index contributed by atoms with van der Waals surface area (Å²) >= 11 is 1.49. The Morgan fingerprint density at radius 3 is 3.20 bits per heavy atom. The van der Waals surface area contributed by atoms with Gasteiger partial charge < -0.3 is 5.73 Å². The van der Waals surface area contributed by atoms with Crippen LogP contribution in [-0.2, 0) is 6.54 Å². The predicted octanol–water partition coefficient (Wildman–Crippen LogP) is 1.32. The highest BCUT2D eigenvalue weighted by Crippen LogP contribution is 2.29. The van der Waals surface area contributed by atoms with Crippen LogP contribution >= 0.6 is 11.3 Å². The Balaban J connectivity index is 1.80. The molecule has 0 radical (unpaired) electrons. The van der Waals surface area contributed by atoms with E-state index in [2.05, 4.69) is 16.9 Å².